The van der Waals surface area contributed by atoms with Gasteiger partial charge in [0.05, 0.1) is 13.2 Å². The lowest BCUT2D eigenvalue weighted by atomic mass is 9.87. The lowest BCUT2D eigenvalue weighted by molar-refractivity contribution is -0.167. The number of nitrogens with one attached hydrogen (secondary N) is 1. The number of amides is 1. The molecule has 1 N–H and O–H groups in total. The number of ether oxygens (including phenoxy) is 2. The van der Waals surface area contributed by atoms with Crippen LogP contribution in [0.2, 0.25) is 0 Å². The van der Waals surface area contributed by atoms with Gasteiger partial charge in [0.1, 0.15) is 0 Å². The van der Waals surface area contributed by atoms with Crippen molar-refractivity contribution in [3.05, 3.63) is 71.3 Å². The second kappa shape index (κ2) is 10.3. The van der Waals surface area contributed by atoms with Gasteiger partial charge in [0.15, 0.2) is 0 Å². The van der Waals surface area contributed by atoms with Gasteiger partial charge in [-0.2, -0.15) is 0 Å². The molecule has 0 fully saturated rings. The van der Waals surface area contributed by atoms with Crippen LogP contribution in [-0.2, 0) is 36.7 Å². The fraction of sp³-hybridized carbons (Fsp3) is 0.318. The molecule has 0 spiro atoms. The fourth-order valence-electron chi connectivity index (χ4n) is 3.01. The van der Waals surface area contributed by atoms with E-state index in [9.17, 15) is 14.4 Å². The lowest BCUT2D eigenvalue weighted by Crippen LogP contribution is -2.61. The molecular weight excluding hydrogens is 358 g/mol. The number of carbonyl (C=O) groups is 3. The molecule has 0 aliphatic carbocycles. The van der Waals surface area contributed by atoms with Crippen molar-refractivity contribution < 1.29 is 23.9 Å². The summed E-state index contributed by atoms with van der Waals surface area (Å²) in [7, 11) is 0. The molecule has 0 aromatic heterocycles. The maximum Gasteiger partial charge on any atom is 0.344 e. The third kappa shape index (κ3) is 4.97. The SMILES string of the molecule is CCOC(=O)C(Cc1ccccc1Cc1ccccc1)(NC=O)C(=O)OCC. The zero-order valence-corrected chi connectivity index (χ0v) is 16.1. The number of esters is 2. The van der Waals surface area contributed by atoms with E-state index in [0.717, 1.165) is 16.7 Å². The van der Waals surface area contributed by atoms with Gasteiger partial charge in [0.2, 0.25) is 11.9 Å². The first kappa shape index (κ1) is 21.2. The second-order valence-corrected chi connectivity index (χ2v) is 6.22. The summed E-state index contributed by atoms with van der Waals surface area (Å²) in [5.74, 6) is -1.68. The van der Waals surface area contributed by atoms with Gasteiger partial charge in [0, 0.05) is 6.42 Å². The van der Waals surface area contributed by atoms with E-state index in [1.54, 1.807) is 13.8 Å². The summed E-state index contributed by atoms with van der Waals surface area (Å²) in [6, 6.07) is 17.3. The van der Waals surface area contributed by atoms with Gasteiger partial charge in [-0.1, -0.05) is 54.6 Å². The van der Waals surface area contributed by atoms with E-state index in [1.165, 1.54) is 0 Å². The van der Waals surface area contributed by atoms with Gasteiger partial charge in [-0.25, -0.2) is 9.59 Å². The van der Waals surface area contributed by atoms with Gasteiger partial charge in [-0.3, -0.25) is 4.79 Å². The van der Waals surface area contributed by atoms with Crippen LogP contribution in [0.4, 0.5) is 0 Å². The van der Waals surface area contributed by atoms with Crippen LogP contribution in [0.1, 0.15) is 30.5 Å². The van der Waals surface area contributed by atoms with Crippen molar-refractivity contribution in [2.24, 2.45) is 0 Å². The highest BCUT2D eigenvalue weighted by Gasteiger charge is 2.49. The van der Waals surface area contributed by atoms with Crippen molar-refractivity contribution in [3.63, 3.8) is 0 Å². The highest BCUT2D eigenvalue weighted by atomic mass is 16.6. The van der Waals surface area contributed by atoms with E-state index in [0.29, 0.717) is 12.8 Å². The molecule has 1 amide bonds. The summed E-state index contributed by atoms with van der Waals surface area (Å²) in [6.07, 6.45) is 0.889. The van der Waals surface area contributed by atoms with E-state index < -0.39 is 17.5 Å². The Morgan fingerprint density at radius 3 is 1.96 bits per heavy atom. The molecular formula is C22H25NO5. The predicted octanol–water partition coefficient (Wildman–Crippen LogP) is 2.43. The minimum absolute atomic E-state index is 0.0631. The highest BCUT2D eigenvalue weighted by molar-refractivity contribution is 6.06. The van der Waals surface area contributed by atoms with Crippen molar-refractivity contribution in [1.29, 1.82) is 0 Å². The molecule has 6 nitrogen and oxygen atoms in total. The number of hydrogen-bond acceptors (Lipinski definition) is 5. The van der Waals surface area contributed by atoms with E-state index in [4.69, 9.17) is 9.47 Å². The molecule has 0 bridgehead atoms. The summed E-state index contributed by atoms with van der Waals surface area (Å²) in [5, 5.41) is 2.38. The van der Waals surface area contributed by atoms with Crippen molar-refractivity contribution in [2.75, 3.05) is 13.2 Å². The van der Waals surface area contributed by atoms with Crippen molar-refractivity contribution in [1.82, 2.24) is 5.32 Å². The van der Waals surface area contributed by atoms with Gasteiger partial charge in [-0.05, 0) is 37.0 Å². The molecule has 148 valence electrons. The average molecular weight is 383 g/mol. The van der Waals surface area contributed by atoms with Gasteiger partial charge >= 0.3 is 11.9 Å². The van der Waals surface area contributed by atoms with Crippen LogP contribution < -0.4 is 5.32 Å². The van der Waals surface area contributed by atoms with Crippen molar-refractivity contribution in [2.45, 2.75) is 32.2 Å². The van der Waals surface area contributed by atoms with E-state index in [-0.39, 0.29) is 19.6 Å². The molecule has 0 aliphatic rings. The average Bonchev–Trinajstić information content (AvgIpc) is 2.70. The van der Waals surface area contributed by atoms with Crippen LogP contribution in [0.3, 0.4) is 0 Å². The largest absolute Gasteiger partial charge is 0.464 e. The maximum absolute atomic E-state index is 12.7. The second-order valence-electron chi connectivity index (χ2n) is 6.22. The van der Waals surface area contributed by atoms with Crippen LogP contribution >= 0.6 is 0 Å². The Labute approximate surface area is 164 Å². The number of rotatable bonds is 10. The Bertz CT molecular complexity index is 786. The van der Waals surface area contributed by atoms with Crippen molar-refractivity contribution in [3.8, 4) is 0 Å². The van der Waals surface area contributed by atoms with E-state index in [2.05, 4.69) is 5.32 Å². The van der Waals surface area contributed by atoms with Crippen LogP contribution in [0.15, 0.2) is 54.6 Å². The third-order valence-electron chi connectivity index (χ3n) is 4.36. The lowest BCUT2D eigenvalue weighted by Gasteiger charge is -2.29. The fourth-order valence-corrected chi connectivity index (χ4v) is 3.01. The molecule has 0 saturated carbocycles. The molecule has 0 unspecified atom stereocenters. The molecule has 2 rings (SSSR count). The van der Waals surface area contributed by atoms with Crippen LogP contribution in [0, 0.1) is 0 Å². The molecule has 0 radical (unpaired) electrons. The summed E-state index contributed by atoms with van der Waals surface area (Å²) >= 11 is 0. The predicted molar refractivity (Wildman–Crippen MR) is 105 cm³/mol. The van der Waals surface area contributed by atoms with Crippen LogP contribution in [0.25, 0.3) is 0 Å². The Kier molecular flexibility index (Phi) is 7.75. The number of carbonyl (C=O) groups excluding carboxylic acids is 3. The molecule has 28 heavy (non-hydrogen) atoms. The Balaban J connectivity index is 2.44. The minimum Gasteiger partial charge on any atom is -0.464 e. The topological polar surface area (TPSA) is 81.7 Å². The number of benzene rings is 2. The zero-order chi connectivity index (χ0) is 20.4. The normalized spacial score (nSPS) is 10.8. The summed E-state index contributed by atoms with van der Waals surface area (Å²) in [6.45, 7) is 3.43. The summed E-state index contributed by atoms with van der Waals surface area (Å²) in [5.41, 5.74) is 0.859. The first-order valence-corrected chi connectivity index (χ1v) is 9.23. The summed E-state index contributed by atoms with van der Waals surface area (Å²) < 4.78 is 10.2. The highest BCUT2D eigenvalue weighted by Crippen LogP contribution is 2.23. The molecule has 2 aromatic carbocycles. The third-order valence-corrected chi connectivity index (χ3v) is 4.36. The Hall–Kier alpha value is -3.15. The molecule has 0 saturated heterocycles. The van der Waals surface area contributed by atoms with Crippen LogP contribution in [0.5, 0.6) is 0 Å². The zero-order valence-electron chi connectivity index (χ0n) is 16.1. The maximum atomic E-state index is 12.7. The Morgan fingerprint density at radius 2 is 1.43 bits per heavy atom. The first-order chi connectivity index (χ1) is 13.6. The van der Waals surface area contributed by atoms with Gasteiger partial charge < -0.3 is 14.8 Å². The van der Waals surface area contributed by atoms with E-state index >= 15 is 0 Å². The van der Waals surface area contributed by atoms with Gasteiger partial charge in [0.25, 0.3) is 0 Å². The molecule has 6 heteroatoms. The monoisotopic (exact) mass is 383 g/mol. The molecule has 2 aromatic rings. The van der Waals surface area contributed by atoms with Gasteiger partial charge in [-0.15, -0.1) is 0 Å². The number of hydrogen-bond donors (Lipinski definition) is 1. The first-order valence-electron chi connectivity index (χ1n) is 9.23. The van der Waals surface area contributed by atoms with Crippen LogP contribution in [-0.4, -0.2) is 37.1 Å². The molecule has 0 heterocycles. The molecule has 0 atom stereocenters. The van der Waals surface area contributed by atoms with Crippen molar-refractivity contribution >= 4 is 18.3 Å². The quantitative estimate of drug-likeness (QED) is 0.387. The minimum atomic E-state index is -1.93. The van der Waals surface area contributed by atoms with E-state index in [1.807, 2.05) is 54.6 Å². The summed E-state index contributed by atoms with van der Waals surface area (Å²) in [4.78, 5) is 36.7. The standard InChI is InChI=1S/C22H25NO5/c1-3-27-20(25)22(23-16-24,21(26)28-4-2)15-19-13-9-8-12-18(19)14-17-10-6-5-7-11-17/h5-13,16H,3-4,14-15H2,1-2H3,(H,23,24). The smallest absolute Gasteiger partial charge is 0.344 e. The molecule has 0 aliphatic heterocycles. The Morgan fingerprint density at radius 1 is 0.893 bits per heavy atom.